The summed E-state index contributed by atoms with van der Waals surface area (Å²) in [6, 6.07) is 8.69. The zero-order valence-corrected chi connectivity index (χ0v) is 21.3. The lowest BCUT2D eigenvalue weighted by atomic mass is 9.77. The Hall–Kier alpha value is -3.33. The van der Waals surface area contributed by atoms with Crippen LogP contribution in [0.25, 0.3) is 0 Å². The van der Waals surface area contributed by atoms with Gasteiger partial charge in [0.1, 0.15) is 5.82 Å². The first kappa shape index (κ1) is 24.4. The van der Waals surface area contributed by atoms with Crippen molar-refractivity contribution in [2.45, 2.75) is 32.2 Å². The summed E-state index contributed by atoms with van der Waals surface area (Å²) in [6.45, 7) is 5.67. The van der Waals surface area contributed by atoms with Crippen molar-refractivity contribution in [2.75, 3.05) is 57.4 Å². The van der Waals surface area contributed by atoms with E-state index in [4.69, 9.17) is 14.2 Å². The predicted octanol–water partition coefficient (Wildman–Crippen LogP) is 4.30. The van der Waals surface area contributed by atoms with Gasteiger partial charge in [0.15, 0.2) is 11.5 Å². The van der Waals surface area contributed by atoms with E-state index in [1.807, 2.05) is 19.1 Å². The fourth-order valence-corrected chi connectivity index (χ4v) is 5.30. The van der Waals surface area contributed by atoms with Gasteiger partial charge in [-0.25, -0.2) is 14.2 Å². The number of nitrogens with zero attached hydrogens (tertiary/aromatic N) is 4. The Kier molecular flexibility index (Phi) is 6.51. The van der Waals surface area contributed by atoms with E-state index in [-0.39, 0.29) is 17.8 Å². The molecule has 2 saturated heterocycles. The molecule has 2 aromatic carbocycles. The van der Waals surface area contributed by atoms with Crippen LogP contribution in [0.3, 0.4) is 0 Å². The maximum absolute atomic E-state index is 14.9. The van der Waals surface area contributed by atoms with E-state index in [0.717, 1.165) is 50.5 Å². The molecule has 0 N–H and O–H groups in total. The first-order valence-electron chi connectivity index (χ1n) is 12.3. The predicted molar refractivity (Wildman–Crippen MR) is 137 cm³/mol. The van der Waals surface area contributed by atoms with Crippen LogP contribution in [0.15, 0.2) is 35.4 Å². The van der Waals surface area contributed by atoms with Crippen LogP contribution in [-0.4, -0.2) is 70.9 Å². The summed E-state index contributed by atoms with van der Waals surface area (Å²) in [7, 11) is 4.69. The highest BCUT2D eigenvalue weighted by Crippen LogP contribution is 2.40. The molecule has 9 heteroatoms. The van der Waals surface area contributed by atoms with Crippen LogP contribution in [0.5, 0.6) is 11.5 Å². The lowest BCUT2D eigenvalue weighted by Crippen LogP contribution is -2.50. The third kappa shape index (κ3) is 4.25. The van der Waals surface area contributed by atoms with E-state index in [0.29, 0.717) is 28.7 Å². The van der Waals surface area contributed by atoms with Crippen LogP contribution in [0, 0.1) is 11.2 Å². The summed E-state index contributed by atoms with van der Waals surface area (Å²) in [5, 5.41) is 5.82. The lowest BCUT2D eigenvalue weighted by Gasteiger charge is -2.47. The number of hydrogen-bond donors (Lipinski definition) is 0. The highest BCUT2D eigenvalue weighted by molar-refractivity contribution is 5.94. The molecule has 2 aromatic rings. The molecule has 8 nitrogen and oxygen atoms in total. The third-order valence-corrected chi connectivity index (χ3v) is 7.72. The maximum atomic E-state index is 14.9. The number of rotatable bonds is 4. The Morgan fingerprint density at radius 1 is 1.17 bits per heavy atom. The van der Waals surface area contributed by atoms with Crippen LogP contribution in [-0.2, 0) is 11.2 Å². The van der Waals surface area contributed by atoms with Crippen molar-refractivity contribution in [1.82, 2.24) is 5.01 Å². The smallest absolute Gasteiger partial charge is 0.344 e. The Balaban J connectivity index is 1.31. The summed E-state index contributed by atoms with van der Waals surface area (Å²) in [5.41, 5.74) is 3.25. The number of hydrogen-bond acceptors (Lipinski definition) is 6. The van der Waals surface area contributed by atoms with Crippen molar-refractivity contribution in [1.29, 1.82) is 0 Å². The molecular weight excluding hydrogens is 463 g/mol. The molecule has 3 aliphatic rings. The van der Waals surface area contributed by atoms with Crippen LogP contribution < -0.4 is 19.3 Å². The number of carbonyl (C=O) groups is 1. The minimum atomic E-state index is -0.410. The molecule has 1 spiro atoms. The van der Waals surface area contributed by atoms with Gasteiger partial charge in [0.05, 0.1) is 39.7 Å². The van der Waals surface area contributed by atoms with E-state index >= 15 is 0 Å². The molecule has 3 heterocycles. The molecule has 0 radical (unpaired) electrons. The van der Waals surface area contributed by atoms with Crippen LogP contribution in [0.1, 0.15) is 30.9 Å². The summed E-state index contributed by atoms with van der Waals surface area (Å²) in [6.07, 6.45) is 4.07. The van der Waals surface area contributed by atoms with Crippen molar-refractivity contribution in [3.05, 3.63) is 47.3 Å². The molecule has 3 aliphatic heterocycles. The lowest BCUT2D eigenvalue weighted by molar-refractivity contribution is -0.124. The van der Waals surface area contributed by atoms with Crippen molar-refractivity contribution in [2.24, 2.45) is 10.5 Å². The van der Waals surface area contributed by atoms with Crippen LogP contribution in [0.4, 0.5) is 20.6 Å². The molecule has 192 valence electrons. The fourth-order valence-electron chi connectivity index (χ4n) is 5.30. The second-order valence-corrected chi connectivity index (χ2v) is 9.97. The molecule has 0 aliphatic carbocycles. The van der Waals surface area contributed by atoms with E-state index < -0.39 is 5.82 Å². The van der Waals surface area contributed by atoms with E-state index in [9.17, 15) is 9.18 Å². The van der Waals surface area contributed by atoms with E-state index in [1.54, 1.807) is 11.9 Å². The second kappa shape index (κ2) is 9.61. The van der Waals surface area contributed by atoms with Gasteiger partial charge in [-0.05, 0) is 50.5 Å². The quantitative estimate of drug-likeness (QED) is 0.632. The Morgan fingerprint density at radius 3 is 2.44 bits per heavy atom. The number of urea groups is 1. The van der Waals surface area contributed by atoms with Gasteiger partial charge in [0, 0.05) is 54.1 Å². The average molecular weight is 497 g/mol. The molecular formula is C27H33FN4O4. The molecule has 0 aromatic heterocycles. The zero-order chi connectivity index (χ0) is 25.4. The minimum absolute atomic E-state index is 0.287. The van der Waals surface area contributed by atoms with Gasteiger partial charge in [-0.2, -0.15) is 5.10 Å². The fraction of sp³-hybridized carbons (Fsp3) is 0.481. The van der Waals surface area contributed by atoms with Crippen molar-refractivity contribution < 1.29 is 23.4 Å². The Morgan fingerprint density at radius 2 is 1.86 bits per heavy atom. The number of fused-ring (bicyclic) bond motifs is 1. The van der Waals surface area contributed by atoms with Crippen LogP contribution in [0.2, 0.25) is 0 Å². The molecule has 0 bridgehead atoms. The topological polar surface area (TPSA) is 66.8 Å². The molecule has 5 rings (SSSR count). The normalized spacial score (nSPS) is 20.4. The number of benzene rings is 2. The van der Waals surface area contributed by atoms with Crippen molar-refractivity contribution >= 4 is 23.6 Å². The van der Waals surface area contributed by atoms with Crippen molar-refractivity contribution in [3.63, 3.8) is 0 Å². The van der Waals surface area contributed by atoms with Gasteiger partial charge >= 0.3 is 6.03 Å². The van der Waals surface area contributed by atoms with Gasteiger partial charge < -0.3 is 19.1 Å². The maximum Gasteiger partial charge on any atom is 0.344 e. The van der Waals surface area contributed by atoms with Gasteiger partial charge in [0.2, 0.25) is 0 Å². The van der Waals surface area contributed by atoms with Crippen LogP contribution >= 0.6 is 0 Å². The van der Waals surface area contributed by atoms with E-state index in [2.05, 4.69) is 22.1 Å². The highest BCUT2D eigenvalue weighted by Gasteiger charge is 2.41. The largest absolute Gasteiger partial charge is 0.493 e. The van der Waals surface area contributed by atoms with Gasteiger partial charge in [-0.1, -0.05) is 0 Å². The summed E-state index contributed by atoms with van der Waals surface area (Å²) in [4.78, 5) is 17.4. The Bertz CT molecular complexity index is 1160. The first-order valence-corrected chi connectivity index (χ1v) is 12.3. The average Bonchev–Trinajstić information content (AvgIpc) is 3.06. The molecule has 0 unspecified atom stereocenters. The number of methoxy groups -OCH3 is 2. The summed E-state index contributed by atoms with van der Waals surface area (Å²) in [5.74, 6) is 0.277. The highest BCUT2D eigenvalue weighted by atomic mass is 19.1. The molecule has 36 heavy (non-hydrogen) atoms. The molecule has 2 fully saturated rings. The second-order valence-electron chi connectivity index (χ2n) is 9.97. The Labute approximate surface area is 211 Å². The number of carbonyl (C=O) groups excluding carboxylic acids is 1. The molecule has 0 saturated carbocycles. The number of anilines is 2. The zero-order valence-electron chi connectivity index (χ0n) is 21.3. The number of hydrazone groups is 1. The van der Waals surface area contributed by atoms with Gasteiger partial charge in [0.25, 0.3) is 0 Å². The first-order chi connectivity index (χ1) is 17.4. The summed E-state index contributed by atoms with van der Waals surface area (Å²) >= 11 is 0. The standard InChI is InChI=1S/C27H33FN4O4/c1-18-13-21-22(25(35-4)24(34-3)14-23(21)28)15-29-32(18)26(33)30(2)19-5-7-20(8-6-19)31-11-9-27(10-12-31)16-36-17-27/h5-8,14-15,18H,9-13,16-17H2,1-4H3/t18-/m0/s1. The minimum Gasteiger partial charge on any atom is -0.493 e. The SMILES string of the molecule is COc1cc(F)c2c(c1OC)C=NN(C(=O)N(C)c1ccc(N3CCC4(CC3)COC4)cc1)[C@@H](C)C2. The van der Waals surface area contributed by atoms with E-state index in [1.165, 1.54) is 31.5 Å². The summed E-state index contributed by atoms with van der Waals surface area (Å²) < 4.78 is 31.0. The van der Waals surface area contributed by atoms with Gasteiger partial charge in [-0.3, -0.25) is 4.90 Å². The number of piperidine rings is 1. The molecule has 2 amide bonds. The number of ether oxygens (including phenoxy) is 3. The van der Waals surface area contributed by atoms with Crippen molar-refractivity contribution in [3.8, 4) is 11.5 Å². The number of amides is 2. The molecule has 1 atom stereocenters. The number of halogens is 1. The third-order valence-electron chi connectivity index (χ3n) is 7.72. The van der Waals surface area contributed by atoms with Gasteiger partial charge in [-0.15, -0.1) is 0 Å². The monoisotopic (exact) mass is 496 g/mol.